The molecule has 0 saturated heterocycles. The van der Waals surface area contributed by atoms with Gasteiger partial charge in [-0.05, 0) is 37.1 Å². The molecular weight excluding hydrogens is 320 g/mol. The third kappa shape index (κ3) is 3.64. The molecule has 24 heavy (non-hydrogen) atoms. The molecule has 2 heterocycles. The molecule has 3 aromatic rings. The van der Waals surface area contributed by atoms with E-state index in [2.05, 4.69) is 21.4 Å². The third-order valence-corrected chi connectivity index (χ3v) is 5.27. The van der Waals surface area contributed by atoms with Crippen molar-refractivity contribution in [2.45, 2.75) is 44.8 Å². The zero-order valence-corrected chi connectivity index (χ0v) is 14.3. The van der Waals surface area contributed by atoms with Gasteiger partial charge in [0.15, 0.2) is 5.13 Å². The molecule has 1 aliphatic rings. The Kier molecular flexibility index (Phi) is 4.55. The summed E-state index contributed by atoms with van der Waals surface area (Å²) in [5, 5.41) is 4.62. The highest BCUT2D eigenvalue weighted by Gasteiger charge is 2.15. The Morgan fingerprint density at radius 2 is 2.08 bits per heavy atom. The maximum atomic E-state index is 5.83. The molecule has 124 valence electrons. The first-order valence-corrected chi connectivity index (χ1v) is 9.23. The number of hydrogen-bond acceptors (Lipinski definition) is 6. The fourth-order valence-corrected chi connectivity index (χ4v) is 4.01. The molecule has 0 bridgehead atoms. The zero-order valence-electron chi connectivity index (χ0n) is 13.4. The number of thiazole rings is 1. The average molecular weight is 340 g/mol. The van der Waals surface area contributed by atoms with Crippen molar-refractivity contribution in [1.82, 2.24) is 15.0 Å². The van der Waals surface area contributed by atoms with Gasteiger partial charge in [-0.15, -0.1) is 0 Å². The fourth-order valence-electron chi connectivity index (χ4n) is 3.04. The van der Waals surface area contributed by atoms with E-state index < -0.39 is 0 Å². The van der Waals surface area contributed by atoms with Gasteiger partial charge < -0.3 is 10.1 Å². The summed E-state index contributed by atoms with van der Waals surface area (Å²) in [5.74, 6) is 0.842. The van der Waals surface area contributed by atoms with E-state index in [1.165, 1.54) is 38.4 Å². The van der Waals surface area contributed by atoms with Crippen molar-refractivity contribution in [2.75, 3.05) is 5.32 Å². The van der Waals surface area contributed by atoms with Gasteiger partial charge in [0, 0.05) is 12.2 Å². The van der Waals surface area contributed by atoms with E-state index in [4.69, 9.17) is 9.72 Å². The Labute approximate surface area is 145 Å². The van der Waals surface area contributed by atoms with E-state index in [1.807, 2.05) is 18.2 Å². The molecule has 0 radical (unpaired) electrons. The summed E-state index contributed by atoms with van der Waals surface area (Å²) in [7, 11) is 0. The first kappa shape index (κ1) is 15.3. The Bertz CT molecular complexity index is 799. The number of anilines is 1. The number of nitrogens with one attached hydrogen (secondary N) is 1. The van der Waals surface area contributed by atoms with E-state index >= 15 is 0 Å². The highest BCUT2D eigenvalue weighted by molar-refractivity contribution is 7.22. The van der Waals surface area contributed by atoms with E-state index in [-0.39, 0.29) is 0 Å². The van der Waals surface area contributed by atoms with Gasteiger partial charge in [-0.3, -0.25) is 0 Å². The van der Waals surface area contributed by atoms with E-state index in [9.17, 15) is 0 Å². The third-order valence-electron chi connectivity index (χ3n) is 4.32. The van der Waals surface area contributed by atoms with Crippen molar-refractivity contribution in [3.8, 4) is 5.75 Å². The summed E-state index contributed by atoms with van der Waals surface area (Å²) in [6.07, 6.45) is 9.78. The largest absolute Gasteiger partial charge is 0.487 e. The smallest absolute Gasteiger partial charge is 0.184 e. The molecule has 1 fully saturated rings. The molecule has 1 aromatic carbocycles. The Hall–Kier alpha value is -2.21. The number of hydrogen-bond donors (Lipinski definition) is 1. The van der Waals surface area contributed by atoms with Crippen molar-refractivity contribution >= 4 is 26.7 Å². The minimum atomic E-state index is 0.444. The van der Waals surface area contributed by atoms with Crippen LogP contribution in [0.25, 0.3) is 10.2 Å². The molecule has 6 heteroatoms. The van der Waals surface area contributed by atoms with Crippen LogP contribution in [-0.2, 0) is 6.61 Å². The highest BCUT2D eigenvalue weighted by atomic mass is 32.1. The Balaban J connectivity index is 1.44. The van der Waals surface area contributed by atoms with Gasteiger partial charge in [0.1, 0.15) is 18.7 Å². The van der Waals surface area contributed by atoms with Crippen molar-refractivity contribution in [3.63, 3.8) is 0 Å². The zero-order chi connectivity index (χ0) is 16.2. The number of benzene rings is 1. The lowest BCUT2D eigenvalue weighted by atomic mass is 9.96. The van der Waals surface area contributed by atoms with Gasteiger partial charge in [-0.1, -0.05) is 30.6 Å². The van der Waals surface area contributed by atoms with Crippen LogP contribution >= 0.6 is 11.3 Å². The van der Waals surface area contributed by atoms with Crippen LogP contribution in [0.1, 0.15) is 37.8 Å². The lowest BCUT2D eigenvalue weighted by molar-refractivity contribution is 0.301. The molecular formula is C18H20N4OS. The predicted octanol–water partition coefficient (Wildman–Crippen LogP) is 4.41. The lowest BCUT2D eigenvalue weighted by Crippen LogP contribution is -2.21. The Morgan fingerprint density at radius 3 is 2.92 bits per heavy atom. The van der Waals surface area contributed by atoms with Crippen LogP contribution in [0.4, 0.5) is 5.13 Å². The molecule has 1 saturated carbocycles. The van der Waals surface area contributed by atoms with Crippen LogP contribution < -0.4 is 10.1 Å². The van der Waals surface area contributed by atoms with E-state index in [1.54, 1.807) is 17.5 Å². The molecule has 1 aliphatic carbocycles. The fraction of sp³-hybridized carbons (Fsp3) is 0.389. The SMILES string of the molecule is c1cc(COc2ccc3nc(NC4CCCCC4)sc3c2)ncn1. The first-order valence-electron chi connectivity index (χ1n) is 8.42. The standard InChI is InChI=1S/C18H20N4OS/c1-2-4-13(5-3-1)21-18-22-16-7-6-15(10-17(16)24-18)23-11-14-8-9-19-12-20-14/h6-10,12-13H,1-5,11H2,(H,21,22). The number of rotatable bonds is 5. The summed E-state index contributed by atoms with van der Waals surface area (Å²) < 4.78 is 6.97. The van der Waals surface area contributed by atoms with Crippen molar-refractivity contribution < 1.29 is 4.74 Å². The molecule has 2 aromatic heterocycles. The second-order valence-electron chi connectivity index (χ2n) is 6.12. The minimum Gasteiger partial charge on any atom is -0.487 e. The van der Waals surface area contributed by atoms with Gasteiger partial charge in [0.05, 0.1) is 15.9 Å². The van der Waals surface area contributed by atoms with Crippen LogP contribution in [0.15, 0.2) is 36.8 Å². The van der Waals surface area contributed by atoms with Crippen molar-refractivity contribution in [1.29, 1.82) is 0 Å². The van der Waals surface area contributed by atoms with Gasteiger partial charge in [-0.2, -0.15) is 0 Å². The second-order valence-corrected chi connectivity index (χ2v) is 7.15. The topological polar surface area (TPSA) is 59.9 Å². The molecule has 4 rings (SSSR count). The molecule has 0 atom stereocenters. The molecule has 5 nitrogen and oxygen atoms in total. The summed E-state index contributed by atoms with van der Waals surface area (Å²) in [6.45, 7) is 0.444. The van der Waals surface area contributed by atoms with Gasteiger partial charge in [0.2, 0.25) is 0 Å². The lowest BCUT2D eigenvalue weighted by Gasteiger charge is -2.22. The quantitative estimate of drug-likeness (QED) is 0.745. The summed E-state index contributed by atoms with van der Waals surface area (Å²) in [4.78, 5) is 12.8. The average Bonchev–Trinajstić information content (AvgIpc) is 3.03. The minimum absolute atomic E-state index is 0.444. The molecule has 0 amide bonds. The van der Waals surface area contributed by atoms with Crippen molar-refractivity contribution in [3.05, 3.63) is 42.5 Å². The number of ether oxygens (including phenoxy) is 1. The Morgan fingerprint density at radius 1 is 1.17 bits per heavy atom. The van der Waals surface area contributed by atoms with Gasteiger partial charge in [-0.25, -0.2) is 15.0 Å². The van der Waals surface area contributed by atoms with Crippen LogP contribution in [0.2, 0.25) is 0 Å². The van der Waals surface area contributed by atoms with E-state index in [0.717, 1.165) is 26.8 Å². The summed E-state index contributed by atoms with van der Waals surface area (Å²) in [5.41, 5.74) is 1.89. The number of nitrogens with zero attached hydrogens (tertiary/aromatic N) is 3. The van der Waals surface area contributed by atoms with Crippen LogP contribution in [0.3, 0.4) is 0 Å². The van der Waals surface area contributed by atoms with Crippen LogP contribution in [0.5, 0.6) is 5.75 Å². The molecule has 0 aliphatic heterocycles. The number of aromatic nitrogens is 3. The first-order chi connectivity index (χ1) is 11.9. The van der Waals surface area contributed by atoms with E-state index in [0.29, 0.717) is 12.6 Å². The maximum absolute atomic E-state index is 5.83. The number of fused-ring (bicyclic) bond motifs is 1. The molecule has 0 unspecified atom stereocenters. The second kappa shape index (κ2) is 7.13. The van der Waals surface area contributed by atoms with Crippen LogP contribution in [0, 0.1) is 0 Å². The van der Waals surface area contributed by atoms with Crippen LogP contribution in [-0.4, -0.2) is 21.0 Å². The predicted molar refractivity (Wildman–Crippen MR) is 96.5 cm³/mol. The molecule has 1 N–H and O–H groups in total. The monoisotopic (exact) mass is 340 g/mol. The van der Waals surface area contributed by atoms with Crippen molar-refractivity contribution in [2.24, 2.45) is 0 Å². The van der Waals surface area contributed by atoms with Gasteiger partial charge in [0.25, 0.3) is 0 Å². The maximum Gasteiger partial charge on any atom is 0.184 e. The molecule has 0 spiro atoms. The normalized spacial score (nSPS) is 15.5. The van der Waals surface area contributed by atoms with Gasteiger partial charge >= 0.3 is 0 Å². The highest BCUT2D eigenvalue weighted by Crippen LogP contribution is 2.31. The summed E-state index contributed by atoms with van der Waals surface area (Å²) in [6, 6.07) is 8.48. The summed E-state index contributed by atoms with van der Waals surface area (Å²) >= 11 is 1.70.